The molecule has 0 radical (unpaired) electrons. The minimum Gasteiger partial charge on any atom is -0.167 e. The van der Waals surface area contributed by atoms with E-state index in [0.29, 0.717) is 5.92 Å². The van der Waals surface area contributed by atoms with Gasteiger partial charge in [0.15, 0.2) is 5.82 Å². The maximum Gasteiger partial charge on any atom is 0.175 e. The summed E-state index contributed by atoms with van der Waals surface area (Å²) in [5, 5.41) is 13.0. The van der Waals surface area contributed by atoms with Crippen LogP contribution in [0.1, 0.15) is 22.9 Å². The Morgan fingerprint density at radius 2 is 2.24 bits per heavy atom. The normalized spacial score (nSPS) is 12.6. The van der Waals surface area contributed by atoms with Crippen LogP contribution < -0.4 is 0 Å². The van der Waals surface area contributed by atoms with E-state index in [4.69, 9.17) is 0 Å². The van der Waals surface area contributed by atoms with Gasteiger partial charge in [0.1, 0.15) is 0 Å². The highest BCUT2D eigenvalue weighted by atomic mass is 79.9. The third kappa shape index (κ3) is 3.12. The number of tetrazole rings is 1. The molecular formula is C12H15BrN4. The molecule has 0 fully saturated rings. The highest BCUT2D eigenvalue weighted by Gasteiger charge is 2.14. The van der Waals surface area contributed by atoms with Gasteiger partial charge in [0.2, 0.25) is 0 Å². The first-order chi connectivity index (χ1) is 8.19. The molecule has 1 atom stereocenters. The van der Waals surface area contributed by atoms with Crippen LogP contribution in [0.3, 0.4) is 0 Å². The van der Waals surface area contributed by atoms with E-state index in [9.17, 15) is 0 Å². The monoisotopic (exact) mass is 294 g/mol. The fourth-order valence-corrected chi connectivity index (χ4v) is 2.41. The van der Waals surface area contributed by atoms with Crippen LogP contribution in [0.2, 0.25) is 0 Å². The minimum absolute atomic E-state index is 0.388. The number of aromatic nitrogens is 4. The Bertz CT molecular complexity index is 495. The van der Waals surface area contributed by atoms with E-state index in [1.807, 2.05) is 0 Å². The van der Waals surface area contributed by atoms with Crippen LogP contribution in [-0.2, 0) is 13.5 Å². The lowest BCUT2D eigenvalue weighted by molar-refractivity contribution is 0.625. The van der Waals surface area contributed by atoms with Crippen molar-refractivity contribution in [3.8, 4) is 0 Å². The molecule has 0 saturated heterocycles. The molecule has 1 aromatic heterocycles. The van der Waals surface area contributed by atoms with Gasteiger partial charge in [0, 0.05) is 17.7 Å². The van der Waals surface area contributed by atoms with Crippen molar-refractivity contribution in [2.24, 2.45) is 7.05 Å². The third-order valence-electron chi connectivity index (χ3n) is 2.68. The van der Waals surface area contributed by atoms with Crippen LogP contribution in [0.15, 0.2) is 24.3 Å². The maximum atomic E-state index is 4.22. The van der Waals surface area contributed by atoms with Gasteiger partial charge in [0.25, 0.3) is 0 Å². The van der Waals surface area contributed by atoms with Crippen molar-refractivity contribution in [3.63, 3.8) is 0 Å². The van der Waals surface area contributed by atoms with Gasteiger partial charge in [-0.3, -0.25) is 0 Å². The van der Waals surface area contributed by atoms with E-state index in [1.165, 1.54) is 15.9 Å². The summed E-state index contributed by atoms with van der Waals surface area (Å²) in [6, 6.07) is 8.55. The van der Waals surface area contributed by atoms with E-state index in [1.54, 1.807) is 7.05 Å². The fraction of sp³-hybridized carbons (Fsp3) is 0.417. The predicted molar refractivity (Wildman–Crippen MR) is 70.2 cm³/mol. The summed E-state index contributed by atoms with van der Waals surface area (Å²) in [5.74, 6) is 1.18. The second kappa shape index (κ2) is 5.40. The molecule has 0 N–H and O–H groups in total. The Kier molecular flexibility index (Phi) is 3.89. The quantitative estimate of drug-likeness (QED) is 0.813. The van der Waals surface area contributed by atoms with Gasteiger partial charge in [-0.05, 0) is 17.7 Å². The van der Waals surface area contributed by atoms with Crippen molar-refractivity contribution < 1.29 is 0 Å². The molecule has 5 heteroatoms. The van der Waals surface area contributed by atoms with Gasteiger partial charge in [-0.15, -0.1) is 10.2 Å². The predicted octanol–water partition coefficient (Wildman–Crippen LogP) is 2.24. The smallest absolute Gasteiger partial charge is 0.167 e. The number of nitrogens with zero attached hydrogens (tertiary/aromatic N) is 4. The van der Waals surface area contributed by atoms with Gasteiger partial charge in [-0.1, -0.05) is 45.8 Å². The van der Waals surface area contributed by atoms with Gasteiger partial charge < -0.3 is 0 Å². The molecule has 0 aliphatic rings. The van der Waals surface area contributed by atoms with Crippen molar-refractivity contribution in [1.82, 2.24) is 20.2 Å². The maximum absolute atomic E-state index is 4.22. The molecule has 0 aliphatic heterocycles. The highest BCUT2D eigenvalue weighted by Crippen LogP contribution is 2.22. The van der Waals surface area contributed by atoms with Gasteiger partial charge in [-0.2, -0.15) is 4.80 Å². The van der Waals surface area contributed by atoms with Crippen LogP contribution in [0, 0.1) is 6.92 Å². The van der Waals surface area contributed by atoms with E-state index < -0.39 is 0 Å². The largest absolute Gasteiger partial charge is 0.175 e. The molecule has 2 rings (SSSR count). The minimum atomic E-state index is 0.388. The second-order valence-corrected chi connectivity index (χ2v) is 4.81. The molecule has 2 aromatic rings. The Morgan fingerprint density at radius 1 is 1.41 bits per heavy atom. The molecule has 0 spiro atoms. The zero-order valence-corrected chi connectivity index (χ0v) is 11.6. The second-order valence-electron chi connectivity index (χ2n) is 4.16. The SMILES string of the molecule is Cc1cccc(C(CBr)Cc2nnn(C)n2)c1. The van der Waals surface area contributed by atoms with E-state index in [-0.39, 0.29) is 0 Å². The number of benzene rings is 1. The average molecular weight is 295 g/mol. The highest BCUT2D eigenvalue weighted by molar-refractivity contribution is 9.09. The third-order valence-corrected chi connectivity index (χ3v) is 3.46. The molecule has 17 heavy (non-hydrogen) atoms. The molecule has 0 bridgehead atoms. The summed E-state index contributed by atoms with van der Waals surface area (Å²) in [5.41, 5.74) is 2.59. The summed E-state index contributed by atoms with van der Waals surface area (Å²) in [7, 11) is 1.78. The summed E-state index contributed by atoms with van der Waals surface area (Å²) < 4.78 is 0. The van der Waals surface area contributed by atoms with Crippen LogP contribution in [-0.4, -0.2) is 25.5 Å². The lowest BCUT2D eigenvalue weighted by Crippen LogP contribution is -2.06. The zero-order valence-electron chi connectivity index (χ0n) is 9.97. The van der Waals surface area contributed by atoms with Crippen LogP contribution in [0.5, 0.6) is 0 Å². The van der Waals surface area contributed by atoms with Gasteiger partial charge in [0.05, 0.1) is 7.05 Å². The van der Waals surface area contributed by atoms with Crippen molar-refractivity contribution in [3.05, 3.63) is 41.2 Å². The fourth-order valence-electron chi connectivity index (χ4n) is 1.81. The molecular weight excluding hydrogens is 280 g/mol. The summed E-state index contributed by atoms with van der Waals surface area (Å²) in [6.45, 7) is 2.11. The molecule has 1 heterocycles. The number of rotatable bonds is 4. The molecule has 0 amide bonds. The Hall–Kier alpha value is -1.23. The molecule has 4 nitrogen and oxygen atoms in total. The van der Waals surface area contributed by atoms with Gasteiger partial charge >= 0.3 is 0 Å². The van der Waals surface area contributed by atoms with Crippen LogP contribution in [0.25, 0.3) is 0 Å². The lowest BCUT2D eigenvalue weighted by Gasteiger charge is -2.12. The first kappa shape index (κ1) is 12.2. The van der Waals surface area contributed by atoms with Crippen LogP contribution in [0.4, 0.5) is 0 Å². The van der Waals surface area contributed by atoms with Crippen LogP contribution >= 0.6 is 15.9 Å². The Balaban J connectivity index is 2.16. The van der Waals surface area contributed by atoms with E-state index >= 15 is 0 Å². The number of hydrogen-bond acceptors (Lipinski definition) is 3. The standard InChI is InChI=1S/C12H15BrN4/c1-9-4-3-5-10(6-9)11(8-13)7-12-14-16-17(2)15-12/h3-6,11H,7-8H2,1-2H3. The number of hydrogen-bond donors (Lipinski definition) is 0. The van der Waals surface area contributed by atoms with Crippen molar-refractivity contribution >= 4 is 15.9 Å². The zero-order chi connectivity index (χ0) is 12.3. The molecule has 90 valence electrons. The molecule has 1 aromatic carbocycles. The molecule has 0 saturated carbocycles. The number of aryl methyl sites for hydroxylation is 2. The van der Waals surface area contributed by atoms with Crippen molar-refractivity contribution in [2.75, 3.05) is 5.33 Å². The van der Waals surface area contributed by atoms with Crippen molar-refractivity contribution in [1.29, 1.82) is 0 Å². The van der Waals surface area contributed by atoms with E-state index in [2.05, 4.69) is 62.5 Å². The van der Waals surface area contributed by atoms with Crippen molar-refractivity contribution in [2.45, 2.75) is 19.3 Å². The average Bonchev–Trinajstić information content (AvgIpc) is 2.72. The first-order valence-corrected chi connectivity index (χ1v) is 6.66. The number of alkyl halides is 1. The topological polar surface area (TPSA) is 43.6 Å². The summed E-state index contributed by atoms with van der Waals surface area (Å²) in [4.78, 5) is 1.50. The molecule has 1 unspecified atom stereocenters. The number of halogens is 1. The first-order valence-electron chi connectivity index (χ1n) is 5.54. The summed E-state index contributed by atoms with van der Waals surface area (Å²) in [6.07, 6.45) is 0.808. The van der Waals surface area contributed by atoms with E-state index in [0.717, 1.165) is 17.6 Å². The Morgan fingerprint density at radius 3 is 2.82 bits per heavy atom. The Labute approximate surface area is 109 Å². The van der Waals surface area contributed by atoms with Gasteiger partial charge in [-0.25, -0.2) is 0 Å². The lowest BCUT2D eigenvalue weighted by atomic mass is 9.96. The molecule has 0 aliphatic carbocycles. The summed E-state index contributed by atoms with van der Waals surface area (Å²) >= 11 is 3.56.